The van der Waals surface area contributed by atoms with E-state index in [9.17, 15) is 4.79 Å². The molecule has 0 aromatic heterocycles. The zero-order valence-corrected chi connectivity index (χ0v) is 12.7. The smallest absolute Gasteiger partial charge is 0.306 e. The second kappa shape index (κ2) is 8.03. The molecule has 1 aromatic carbocycles. The number of carboxylic acids is 1. The van der Waals surface area contributed by atoms with Crippen molar-refractivity contribution in [3.05, 3.63) is 29.8 Å². The van der Waals surface area contributed by atoms with E-state index in [1.807, 2.05) is 18.2 Å². The predicted octanol–water partition coefficient (Wildman–Crippen LogP) is 2.85. The largest absolute Gasteiger partial charge is 0.492 e. The molecule has 0 bridgehead atoms. The highest BCUT2D eigenvalue weighted by Crippen LogP contribution is 2.28. The molecule has 0 spiro atoms. The minimum Gasteiger partial charge on any atom is -0.492 e. The number of carbonyl (C=O) groups is 1. The van der Waals surface area contributed by atoms with Gasteiger partial charge in [0.15, 0.2) is 0 Å². The summed E-state index contributed by atoms with van der Waals surface area (Å²) in [6.45, 7) is 4.50. The van der Waals surface area contributed by atoms with Crippen LogP contribution in [0.2, 0.25) is 0 Å². The highest BCUT2D eigenvalue weighted by atomic mass is 16.5. The summed E-state index contributed by atoms with van der Waals surface area (Å²) in [6.07, 6.45) is 3.67. The lowest BCUT2D eigenvalue weighted by atomic mass is 9.82. The van der Waals surface area contributed by atoms with E-state index in [0.29, 0.717) is 12.5 Å². The number of benzene rings is 1. The van der Waals surface area contributed by atoms with Crippen LogP contribution in [-0.4, -0.2) is 30.8 Å². The van der Waals surface area contributed by atoms with Crippen LogP contribution in [0.3, 0.4) is 0 Å². The summed E-state index contributed by atoms with van der Waals surface area (Å²) in [5.41, 5.74) is 1.20. The molecule has 116 valence electrons. The number of hydrogen-bond donors (Lipinski definition) is 2. The number of aliphatic carboxylic acids is 1. The lowest BCUT2D eigenvalue weighted by molar-refractivity contribution is -0.143. The van der Waals surface area contributed by atoms with Crippen molar-refractivity contribution in [3.63, 3.8) is 0 Å². The third kappa shape index (κ3) is 5.38. The first kappa shape index (κ1) is 15.8. The Morgan fingerprint density at radius 2 is 2.10 bits per heavy atom. The van der Waals surface area contributed by atoms with Gasteiger partial charge < -0.3 is 15.2 Å². The quantitative estimate of drug-likeness (QED) is 0.758. The maximum Gasteiger partial charge on any atom is 0.306 e. The van der Waals surface area contributed by atoms with Crippen LogP contribution in [-0.2, 0) is 4.79 Å². The van der Waals surface area contributed by atoms with E-state index in [2.05, 4.69) is 18.3 Å². The summed E-state index contributed by atoms with van der Waals surface area (Å²) in [7, 11) is 0. The lowest BCUT2D eigenvalue weighted by Gasteiger charge is -2.26. The van der Waals surface area contributed by atoms with Crippen LogP contribution in [0.25, 0.3) is 0 Å². The first-order valence-electron chi connectivity index (χ1n) is 7.78. The van der Waals surface area contributed by atoms with Gasteiger partial charge in [-0.25, -0.2) is 0 Å². The van der Waals surface area contributed by atoms with Crippen molar-refractivity contribution in [2.75, 3.05) is 19.7 Å². The van der Waals surface area contributed by atoms with Gasteiger partial charge >= 0.3 is 5.97 Å². The molecule has 4 heteroatoms. The molecule has 0 unspecified atom stereocenters. The Bertz CT molecular complexity index is 453. The molecule has 4 nitrogen and oxygen atoms in total. The first-order valence-corrected chi connectivity index (χ1v) is 7.78. The Labute approximate surface area is 126 Å². The van der Waals surface area contributed by atoms with Crippen molar-refractivity contribution < 1.29 is 14.6 Å². The molecule has 1 fully saturated rings. The SMILES string of the molecule is Cc1cccc(OCCNCC2CCC(C(=O)O)CC2)c1. The summed E-state index contributed by atoms with van der Waals surface area (Å²) in [5, 5.41) is 12.4. The number of ether oxygens (including phenoxy) is 1. The fourth-order valence-electron chi connectivity index (χ4n) is 2.87. The normalized spacial score (nSPS) is 22.0. The highest BCUT2D eigenvalue weighted by molar-refractivity contribution is 5.69. The maximum atomic E-state index is 10.9. The van der Waals surface area contributed by atoms with Gasteiger partial charge in [-0.15, -0.1) is 0 Å². The summed E-state index contributed by atoms with van der Waals surface area (Å²) in [4.78, 5) is 10.9. The van der Waals surface area contributed by atoms with Gasteiger partial charge in [0.05, 0.1) is 5.92 Å². The van der Waals surface area contributed by atoms with Gasteiger partial charge in [-0.3, -0.25) is 4.79 Å². The van der Waals surface area contributed by atoms with Gasteiger partial charge in [0.2, 0.25) is 0 Å². The average molecular weight is 291 g/mol. The number of rotatable bonds is 7. The van der Waals surface area contributed by atoms with Crippen molar-refractivity contribution in [1.29, 1.82) is 0 Å². The fourth-order valence-corrected chi connectivity index (χ4v) is 2.87. The van der Waals surface area contributed by atoms with Crippen molar-refractivity contribution in [2.45, 2.75) is 32.6 Å². The second-order valence-corrected chi connectivity index (χ2v) is 5.92. The van der Waals surface area contributed by atoms with E-state index in [1.54, 1.807) is 0 Å². The zero-order chi connectivity index (χ0) is 15.1. The minimum atomic E-state index is -0.632. The second-order valence-electron chi connectivity index (χ2n) is 5.92. The summed E-state index contributed by atoms with van der Waals surface area (Å²) in [5.74, 6) is 0.775. The Morgan fingerprint density at radius 1 is 1.33 bits per heavy atom. The van der Waals surface area contributed by atoms with Gasteiger partial charge in [-0.1, -0.05) is 12.1 Å². The van der Waals surface area contributed by atoms with Crippen LogP contribution in [0, 0.1) is 18.8 Å². The topological polar surface area (TPSA) is 58.6 Å². The van der Waals surface area contributed by atoms with Crippen LogP contribution in [0.1, 0.15) is 31.2 Å². The third-order valence-corrected chi connectivity index (χ3v) is 4.17. The molecule has 2 N–H and O–H groups in total. The van der Waals surface area contributed by atoms with Crippen LogP contribution in [0.5, 0.6) is 5.75 Å². The Kier molecular flexibility index (Phi) is 6.05. The van der Waals surface area contributed by atoms with E-state index in [0.717, 1.165) is 44.5 Å². The molecule has 0 heterocycles. The summed E-state index contributed by atoms with van der Waals surface area (Å²) >= 11 is 0. The maximum absolute atomic E-state index is 10.9. The molecule has 1 aliphatic carbocycles. The van der Waals surface area contributed by atoms with Gasteiger partial charge in [0, 0.05) is 6.54 Å². The van der Waals surface area contributed by atoms with Crippen LogP contribution >= 0.6 is 0 Å². The van der Waals surface area contributed by atoms with Crippen molar-refractivity contribution in [1.82, 2.24) is 5.32 Å². The van der Waals surface area contributed by atoms with Gasteiger partial charge in [0.25, 0.3) is 0 Å². The summed E-state index contributed by atoms with van der Waals surface area (Å²) in [6, 6.07) is 8.06. The molecule has 0 atom stereocenters. The minimum absolute atomic E-state index is 0.120. The number of aryl methyl sites for hydroxylation is 1. The predicted molar refractivity (Wildman–Crippen MR) is 82.6 cm³/mol. The van der Waals surface area contributed by atoms with E-state index >= 15 is 0 Å². The third-order valence-electron chi connectivity index (χ3n) is 4.17. The van der Waals surface area contributed by atoms with Crippen molar-refractivity contribution in [3.8, 4) is 5.75 Å². The van der Waals surface area contributed by atoms with E-state index in [1.165, 1.54) is 5.56 Å². The zero-order valence-electron chi connectivity index (χ0n) is 12.7. The fraction of sp³-hybridized carbons (Fsp3) is 0.588. The summed E-state index contributed by atoms with van der Waals surface area (Å²) < 4.78 is 5.68. The first-order chi connectivity index (χ1) is 10.1. The highest BCUT2D eigenvalue weighted by Gasteiger charge is 2.25. The number of hydrogen-bond acceptors (Lipinski definition) is 3. The van der Waals surface area contributed by atoms with Crippen molar-refractivity contribution in [2.24, 2.45) is 11.8 Å². The Balaban J connectivity index is 1.55. The standard InChI is InChI=1S/C17H25NO3/c1-13-3-2-4-16(11-13)21-10-9-18-12-14-5-7-15(8-6-14)17(19)20/h2-4,11,14-15,18H,5-10,12H2,1H3,(H,19,20). The molecule has 0 aliphatic heterocycles. The number of carboxylic acid groups (broad SMARTS) is 1. The molecule has 2 rings (SSSR count). The van der Waals surface area contributed by atoms with Gasteiger partial charge in [-0.05, 0) is 62.8 Å². The Hall–Kier alpha value is -1.55. The molecule has 1 aliphatic rings. The van der Waals surface area contributed by atoms with E-state index < -0.39 is 5.97 Å². The van der Waals surface area contributed by atoms with Crippen LogP contribution < -0.4 is 10.1 Å². The van der Waals surface area contributed by atoms with E-state index in [-0.39, 0.29) is 5.92 Å². The molecule has 21 heavy (non-hydrogen) atoms. The number of nitrogens with one attached hydrogen (secondary N) is 1. The molecule has 1 saturated carbocycles. The molecule has 0 saturated heterocycles. The van der Waals surface area contributed by atoms with Crippen LogP contribution in [0.4, 0.5) is 0 Å². The lowest BCUT2D eigenvalue weighted by Crippen LogP contribution is -2.30. The van der Waals surface area contributed by atoms with Gasteiger partial charge in [-0.2, -0.15) is 0 Å². The van der Waals surface area contributed by atoms with E-state index in [4.69, 9.17) is 9.84 Å². The molecular formula is C17H25NO3. The van der Waals surface area contributed by atoms with Crippen LogP contribution in [0.15, 0.2) is 24.3 Å². The molecule has 0 radical (unpaired) electrons. The molecular weight excluding hydrogens is 266 g/mol. The van der Waals surface area contributed by atoms with Crippen molar-refractivity contribution >= 4 is 5.97 Å². The molecule has 1 aromatic rings. The average Bonchev–Trinajstić information content (AvgIpc) is 2.47. The monoisotopic (exact) mass is 291 g/mol. The van der Waals surface area contributed by atoms with Gasteiger partial charge in [0.1, 0.15) is 12.4 Å². The molecule has 0 amide bonds. The Morgan fingerprint density at radius 3 is 2.76 bits per heavy atom.